The van der Waals surface area contributed by atoms with Crippen LogP contribution in [0.4, 0.5) is 4.79 Å². The van der Waals surface area contributed by atoms with E-state index in [0.717, 1.165) is 0 Å². The highest BCUT2D eigenvalue weighted by atomic mass is 79.9. The maximum Gasteiger partial charge on any atom is 0.341 e. The Morgan fingerprint density at radius 3 is 2.56 bits per heavy atom. The van der Waals surface area contributed by atoms with E-state index in [1.165, 1.54) is 7.11 Å². The molecule has 2 unspecified atom stereocenters. The van der Waals surface area contributed by atoms with Crippen LogP contribution >= 0.6 is 15.9 Å². The second-order valence-electron chi connectivity index (χ2n) is 6.75. The Morgan fingerprint density at radius 1 is 1.36 bits per heavy atom. The van der Waals surface area contributed by atoms with Crippen LogP contribution in [-0.2, 0) is 9.53 Å². The van der Waals surface area contributed by atoms with Crippen LogP contribution in [0.25, 0.3) is 0 Å². The van der Waals surface area contributed by atoms with E-state index < -0.39 is 29.6 Å². The average Bonchev–Trinajstić information content (AvgIpc) is 2.47. The fourth-order valence-corrected chi connectivity index (χ4v) is 3.06. The standard InChI is InChI=1S/C17H21BrN2O5/c1-8-12(15(22)25-17(2,3)4)13(20-16(23)19-8)9-6-10(18)14(21)11(7-9)24-5/h6-7,12-13,21H,1-5H3,(H,20,23). The Bertz CT molecular complexity index is 739. The number of phenols is 1. The van der Waals surface area contributed by atoms with Crippen LogP contribution in [0.15, 0.2) is 21.6 Å². The third-order valence-corrected chi connectivity index (χ3v) is 4.24. The smallest absolute Gasteiger partial charge is 0.341 e. The Labute approximate surface area is 154 Å². The van der Waals surface area contributed by atoms with E-state index in [1.807, 2.05) is 0 Å². The van der Waals surface area contributed by atoms with E-state index >= 15 is 0 Å². The Morgan fingerprint density at radius 2 is 2.00 bits per heavy atom. The first-order valence-corrected chi connectivity index (χ1v) is 8.47. The van der Waals surface area contributed by atoms with E-state index in [9.17, 15) is 14.7 Å². The maximum atomic E-state index is 12.7. The molecule has 1 aromatic rings. The van der Waals surface area contributed by atoms with E-state index in [2.05, 4.69) is 26.2 Å². The summed E-state index contributed by atoms with van der Waals surface area (Å²) < 4.78 is 11.0. The van der Waals surface area contributed by atoms with Crippen molar-refractivity contribution in [3.8, 4) is 11.5 Å². The minimum Gasteiger partial charge on any atom is -0.503 e. The minimum absolute atomic E-state index is 0.0624. The van der Waals surface area contributed by atoms with Crippen LogP contribution in [0.5, 0.6) is 11.5 Å². The van der Waals surface area contributed by atoms with Crippen molar-refractivity contribution in [3.63, 3.8) is 0 Å². The number of hydrogen-bond donors (Lipinski definition) is 2. The summed E-state index contributed by atoms with van der Waals surface area (Å²) in [6.07, 6.45) is 0. The predicted molar refractivity (Wildman–Crippen MR) is 96.1 cm³/mol. The number of nitrogens with one attached hydrogen (secondary N) is 1. The number of esters is 1. The molecule has 7 nitrogen and oxygen atoms in total. The normalized spacial score (nSPS) is 20.6. The van der Waals surface area contributed by atoms with Gasteiger partial charge in [-0.05, 0) is 61.3 Å². The highest BCUT2D eigenvalue weighted by Crippen LogP contribution is 2.39. The molecule has 0 saturated carbocycles. The molecule has 2 amide bonds. The lowest BCUT2D eigenvalue weighted by Crippen LogP contribution is -2.45. The van der Waals surface area contributed by atoms with Crippen molar-refractivity contribution in [1.29, 1.82) is 0 Å². The molecule has 136 valence electrons. The van der Waals surface area contributed by atoms with Crippen molar-refractivity contribution < 1.29 is 24.2 Å². The topological polar surface area (TPSA) is 97.2 Å². The molecule has 0 aliphatic carbocycles. The van der Waals surface area contributed by atoms with Gasteiger partial charge in [0.05, 0.1) is 17.6 Å². The van der Waals surface area contributed by atoms with Gasteiger partial charge in [0.1, 0.15) is 11.5 Å². The first kappa shape index (κ1) is 19.2. The largest absolute Gasteiger partial charge is 0.503 e. The van der Waals surface area contributed by atoms with Crippen LogP contribution in [0.3, 0.4) is 0 Å². The number of carbonyl (C=O) groups excluding carboxylic acids is 2. The molecule has 1 heterocycles. The fraction of sp³-hybridized carbons (Fsp3) is 0.471. The van der Waals surface area contributed by atoms with E-state index in [0.29, 0.717) is 15.7 Å². The number of phenolic OH excluding ortho intramolecular Hbond substituents is 1. The van der Waals surface area contributed by atoms with Crippen LogP contribution in [0.2, 0.25) is 0 Å². The van der Waals surface area contributed by atoms with Gasteiger partial charge in [-0.25, -0.2) is 9.79 Å². The summed E-state index contributed by atoms with van der Waals surface area (Å²) >= 11 is 3.25. The zero-order valence-electron chi connectivity index (χ0n) is 14.7. The molecule has 0 fully saturated rings. The quantitative estimate of drug-likeness (QED) is 0.741. The molecule has 0 radical (unpaired) electrons. The highest BCUT2D eigenvalue weighted by molar-refractivity contribution is 9.10. The molecule has 1 aromatic carbocycles. The average molecular weight is 413 g/mol. The summed E-state index contributed by atoms with van der Waals surface area (Å²) in [6.45, 7) is 6.93. The van der Waals surface area contributed by atoms with Crippen LogP contribution in [0.1, 0.15) is 39.3 Å². The number of aromatic hydroxyl groups is 1. The van der Waals surface area contributed by atoms with Gasteiger partial charge in [-0.1, -0.05) is 0 Å². The number of rotatable bonds is 3. The van der Waals surface area contributed by atoms with Gasteiger partial charge in [-0.2, -0.15) is 0 Å². The summed E-state index contributed by atoms with van der Waals surface area (Å²) in [5.41, 5.74) is 0.280. The van der Waals surface area contributed by atoms with Gasteiger partial charge in [0.25, 0.3) is 0 Å². The SMILES string of the molecule is COc1cc(C2NC(=O)N=C(C)C2C(=O)OC(C)(C)C)cc(Br)c1O. The van der Waals surface area contributed by atoms with E-state index in [-0.39, 0.29) is 11.5 Å². The van der Waals surface area contributed by atoms with Gasteiger partial charge in [0.15, 0.2) is 11.5 Å². The lowest BCUT2D eigenvalue weighted by atomic mass is 9.88. The second kappa shape index (κ2) is 7.03. The number of halogens is 1. The molecular formula is C17H21BrN2O5. The van der Waals surface area contributed by atoms with Crippen molar-refractivity contribution in [1.82, 2.24) is 5.32 Å². The number of methoxy groups -OCH3 is 1. The molecule has 1 aliphatic heterocycles. The molecule has 0 bridgehead atoms. The number of aliphatic imine (C=N–C) groups is 1. The molecule has 1 aliphatic rings. The van der Waals surface area contributed by atoms with Crippen molar-refractivity contribution >= 4 is 33.6 Å². The zero-order valence-corrected chi connectivity index (χ0v) is 16.3. The number of hydrogen-bond acceptors (Lipinski definition) is 5. The summed E-state index contributed by atoms with van der Waals surface area (Å²) in [4.78, 5) is 28.4. The fourth-order valence-electron chi connectivity index (χ4n) is 2.60. The zero-order chi connectivity index (χ0) is 18.9. The number of amides is 2. The molecule has 25 heavy (non-hydrogen) atoms. The highest BCUT2D eigenvalue weighted by Gasteiger charge is 2.39. The lowest BCUT2D eigenvalue weighted by molar-refractivity contribution is -0.158. The molecule has 0 spiro atoms. The molecule has 8 heteroatoms. The second-order valence-corrected chi connectivity index (χ2v) is 7.60. The number of urea groups is 1. The number of carbonyl (C=O) groups is 2. The maximum absolute atomic E-state index is 12.7. The monoisotopic (exact) mass is 412 g/mol. The van der Waals surface area contributed by atoms with Crippen molar-refractivity contribution in [2.75, 3.05) is 7.11 Å². The molecule has 2 atom stereocenters. The Hall–Kier alpha value is -2.09. The predicted octanol–water partition coefficient (Wildman–Crippen LogP) is 3.35. The summed E-state index contributed by atoms with van der Waals surface area (Å²) in [7, 11) is 1.42. The van der Waals surface area contributed by atoms with Crippen LogP contribution in [0, 0.1) is 5.92 Å². The molecule has 2 N–H and O–H groups in total. The van der Waals surface area contributed by atoms with Gasteiger partial charge >= 0.3 is 12.0 Å². The molecule has 0 saturated heterocycles. The van der Waals surface area contributed by atoms with Gasteiger partial charge in [0.2, 0.25) is 0 Å². The lowest BCUT2D eigenvalue weighted by Gasteiger charge is -2.32. The third-order valence-electron chi connectivity index (χ3n) is 3.63. The van der Waals surface area contributed by atoms with Crippen molar-refractivity contribution in [2.24, 2.45) is 10.9 Å². The van der Waals surface area contributed by atoms with E-state index in [4.69, 9.17) is 9.47 Å². The number of nitrogens with zero attached hydrogens (tertiary/aromatic N) is 1. The Balaban J connectivity index is 2.49. The van der Waals surface area contributed by atoms with Gasteiger partial charge in [0, 0.05) is 5.71 Å². The minimum atomic E-state index is -0.780. The third kappa shape index (κ3) is 4.31. The van der Waals surface area contributed by atoms with Gasteiger partial charge in [-0.15, -0.1) is 0 Å². The van der Waals surface area contributed by atoms with Crippen LogP contribution in [-0.4, -0.2) is 35.5 Å². The van der Waals surface area contributed by atoms with Gasteiger partial charge in [-0.3, -0.25) is 4.79 Å². The van der Waals surface area contributed by atoms with E-state index in [1.54, 1.807) is 39.8 Å². The first-order valence-electron chi connectivity index (χ1n) is 7.68. The number of ether oxygens (including phenoxy) is 2. The van der Waals surface area contributed by atoms with Gasteiger partial charge < -0.3 is 19.9 Å². The molecular weight excluding hydrogens is 392 g/mol. The van der Waals surface area contributed by atoms with Crippen LogP contribution < -0.4 is 10.1 Å². The number of benzene rings is 1. The Kier molecular flexibility index (Phi) is 5.41. The summed E-state index contributed by atoms with van der Waals surface area (Å²) in [6, 6.07) is 1.97. The van der Waals surface area contributed by atoms with Crippen molar-refractivity contribution in [3.05, 3.63) is 22.2 Å². The van der Waals surface area contributed by atoms with Crippen molar-refractivity contribution in [2.45, 2.75) is 39.3 Å². The summed E-state index contributed by atoms with van der Waals surface area (Å²) in [5.74, 6) is -1.10. The molecule has 2 rings (SSSR count). The summed E-state index contributed by atoms with van der Waals surface area (Å²) in [5, 5.41) is 12.7. The first-order chi connectivity index (χ1) is 11.5. The molecule has 0 aromatic heterocycles.